The highest BCUT2D eigenvalue weighted by Crippen LogP contribution is 2.01. The third-order valence-corrected chi connectivity index (χ3v) is 3.63. The van der Waals surface area contributed by atoms with Crippen LogP contribution in [0.4, 0.5) is 0 Å². The highest BCUT2D eigenvalue weighted by Gasteiger charge is 2.04. The van der Waals surface area contributed by atoms with Crippen molar-refractivity contribution in [3.8, 4) is 0 Å². The average Bonchev–Trinajstić information content (AvgIpc) is 2.75. The summed E-state index contributed by atoms with van der Waals surface area (Å²) in [4.78, 5) is 21.7. The number of carbonyl (C=O) groups is 2. The fourth-order valence-electron chi connectivity index (χ4n) is 2.12. The first-order valence-corrected chi connectivity index (χ1v) is 10.7. The summed E-state index contributed by atoms with van der Waals surface area (Å²) in [5.74, 6) is -1.20. The molecule has 0 aliphatic heterocycles. The normalized spacial score (nSPS) is 11.0. The van der Waals surface area contributed by atoms with Crippen molar-refractivity contribution >= 4 is 11.9 Å². The van der Waals surface area contributed by atoms with E-state index in [9.17, 15) is 9.59 Å². The molecule has 0 aromatic heterocycles. The van der Waals surface area contributed by atoms with Gasteiger partial charge in [-0.25, -0.2) is 0 Å². The molecule has 0 heterocycles. The molecule has 31 heavy (non-hydrogen) atoms. The summed E-state index contributed by atoms with van der Waals surface area (Å²) in [5, 5.41) is 8.50. The first kappa shape index (κ1) is 29.7. The number of ether oxygens (including phenoxy) is 7. The highest BCUT2D eigenvalue weighted by molar-refractivity contribution is 5.69. The predicted octanol–water partition coefficient (Wildman–Crippen LogP) is 0.233. The van der Waals surface area contributed by atoms with Crippen molar-refractivity contribution in [3.05, 3.63) is 0 Å². The lowest BCUT2D eigenvalue weighted by molar-refractivity contribution is -0.146. The molecule has 11 nitrogen and oxygen atoms in total. The number of carboxylic acid groups (broad SMARTS) is 1. The number of hydrogen-bond acceptors (Lipinski definition) is 10. The molecule has 0 fully saturated rings. The number of carbonyl (C=O) groups excluding carboxylic acids is 1. The number of nitrogens with two attached hydrogens (primary N) is 1. The van der Waals surface area contributed by atoms with Crippen molar-refractivity contribution in [2.24, 2.45) is 5.73 Å². The van der Waals surface area contributed by atoms with E-state index in [1.54, 1.807) is 0 Å². The molecule has 0 rings (SSSR count). The van der Waals surface area contributed by atoms with Crippen LogP contribution in [0.5, 0.6) is 0 Å². The van der Waals surface area contributed by atoms with E-state index in [2.05, 4.69) is 0 Å². The molecule has 0 radical (unpaired) electrons. The van der Waals surface area contributed by atoms with Gasteiger partial charge in [0.15, 0.2) is 0 Å². The van der Waals surface area contributed by atoms with Gasteiger partial charge in [0.25, 0.3) is 0 Å². The monoisotopic (exact) mass is 453 g/mol. The lowest BCUT2D eigenvalue weighted by Gasteiger charge is -2.08. The summed E-state index contributed by atoms with van der Waals surface area (Å²) in [7, 11) is 0. The second kappa shape index (κ2) is 24.9. The Morgan fingerprint density at radius 1 is 0.548 bits per heavy atom. The lowest BCUT2D eigenvalue weighted by Crippen LogP contribution is -2.15. The topological polar surface area (TPSA) is 145 Å². The first-order chi connectivity index (χ1) is 15.2. The number of esters is 1. The number of aliphatic carboxylic acids is 1. The zero-order valence-corrected chi connectivity index (χ0v) is 18.4. The van der Waals surface area contributed by atoms with Crippen molar-refractivity contribution in [3.63, 3.8) is 0 Å². The third-order valence-electron chi connectivity index (χ3n) is 3.63. The van der Waals surface area contributed by atoms with Crippen molar-refractivity contribution in [1.29, 1.82) is 0 Å². The minimum Gasteiger partial charge on any atom is -0.481 e. The van der Waals surface area contributed by atoms with Gasteiger partial charge in [-0.1, -0.05) is 0 Å². The minimum absolute atomic E-state index is 0.0671. The molecular formula is C20H39NO10. The van der Waals surface area contributed by atoms with Crippen LogP contribution in [0.15, 0.2) is 0 Å². The Labute approximate surface area is 184 Å². The molecule has 0 amide bonds. The van der Waals surface area contributed by atoms with Crippen LogP contribution in [0, 0.1) is 0 Å². The Balaban J connectivity index is 3.10. The van der Waals surface area contributed by atoms with E-state index in [-0.39, 0.29) is 25.4 Å². The molecule has 0 bridgehead atoms. The van der Waals surface area contributed by atoms with E-state index in [0.717, 1.165) is 0 Å². The molecule has 11 heteroatoms. The molecule has 0 aromatic rings. The Morgan fingerprint density at radius 2 is 0.903 bits per heavy atom. The Bertz CT molecular complexity index is 411. The van der Waals surface area contributed by atoms with Gasteiger partial charge in [-0.3, -0.25) is 9.59 Å². The second-order valence-corrected chi connectivity index (χ2v) is 6.28. The summed E-state index contributed by atoms with van der Waals surface area (Å²) in [6.45, 7) is 6.36. The smallest absolute Gasteiger partial charge is 0.305 e. The van der Waals surface area contributed by atoms with E-state index >= 15 is 0 Å². The van der Waals surface area contributed by atoms with E-state index in [1.807, 2.05) is 0 Å². The van der Waals surface area contributed by atoms with Crippen molar-refractivity contribution in [2.45, 2.75) is 25.7 Å². The SMILES string of the molecule is NCCOCCOCCOCCOCCOCCOCCOC(=O)CCCCC(=O)O. The van der Waals surface area contributed by atoms with Gasteiger partial charge in [-0.2, -0.15) is 0 Å². The van der Waals surface area contributed by atoms with E-state index < -0.39 is 5.97 Å². The van der Waals surface area contributed by atoms with Gasteiger partial charge in [0, 0.05) is 19.4 Å². The molecule has 0 spiro atoms. The number of rotatable bonds is 25. The van der Waals surface area contributed by atoms with E-state index in [4.69, 9.17) is 44.0 Å². The van der Waals surface area contributed by atoms with Gasteiger partial charge in [0.1, 0.15) is 6.61 Å². The lowest BCUT2D eigenvalue weighted by atomic mass is 10.2. The van der Waals surface area contributed by atoms with E-state index in [0.29, 0.717) is 98.7 Å². The van der Waals surface area contributed by atoms with Gasteiger partial charge >= 0.3 is 11.9 Å². The molecule has 0 unspecified atom stereocenters. The average molecular weight is 454 g/mol. The third kappa shape index (κ3) is 26.6. The fraction of sp³-hybridized carbons (Fsp3) is 0.900. The first-order valence-electron chi connectivity index (χ1n) is 10.7. The zero-order chi connectivity index (χ0) is 22.8. The maximum Gasteiger partial charge on any atom is 0.305 e. The Morgan fingerprint density at radius 3 is 1.29 bits per heavy atom. The number of carboxylic acids is 1. The van der Waals surface area contributed by atoms with Gasteiger partial charge < -0.3 is 44.0 Å². The van der Waals surface area contributed by atoms with E-state index in [1.165, 1.54) is 0 Å². The quantitative estimate of drug-likeness (QED) is 0.145. The zero-order valence-electron chi connectivity index (χ0n) is 18.4. The number of hydrogen-bond donors (Lipinski definition) is 2. The summed E-state index contributed by atoms with van der Waals surface area (Å²) >= 11 is 0. The molecule has 0 aliphatic rings. The largest absolute Gasteiger partial charge is 0.481 e. The Hall–Kier alpha value is -1.34. The molecule has 0 atom stereocenters. The van der Waals surface area contributed by atoms with Crippen LogP contribution in [0.25, 0.3) is 0 Å². The van der Waals surface area contributed by atoms with Crippen LogP contribution < -0.4 is 5.73 Å². The summed E-state index contributed by atoms with van der Waals surface area (Å²) in [6.07, 6.45) is 1.27. The fourth-order valence-corrected chi connectivity index (χ4v) is 2.12. The molecule has 0 saturated carbocycles. The predicted molar refractivity (Wildman–Crippen MR) is 111 cm³/mol. The van der Waals surface area contributed by atoms with Gasteiger partial charge in [-0.05, 0) is 12.8 Å². The summed E-state index contributed by atoms with van der Waals surface area (Å²) in [6, 6.07) is 0. The molecule has 3 N–H and O–H groups in total. The highest BCUT2D eigenvalue weighted by atomic mass is 16.6. The standard InChI is InChI=1S/C20H39NO10/c21-5-6-25-7-8-26-9-10-27-11-12-28-13-14-29-15-16-30-17-18-31-20(24)4-2-1-3-19(22)23/h1-18,21H2,(H,22,23). The summed E-state index contributed by atoms with van der Waals surface area (Å²) in [5.41, 5.74) is 5.30. The molecule has 0 aromatic carbocycles. The van der Waals surface area contributed by atoms with Crippen molar-refractivity contribution in [2.75, 3.05) is 92.4 Å². The molecular weight excluding hydrogens is 414 g/mol. The molecule has 0 saturated heterocycles. The van der Waals surface area contributed by atoms with Crippen LogP contribution in [-0.4, -0.2) is 109 Å². The van der Waals surface area contributed by atoms with Gasteiger partial charge in [-0.15, -0.1) is 0 Å². The van der Waals surface area contributed by atoms with Crippen LogP contribution in [0.3, 0.4) is 0 Å². The maximum absolute atomic E-state index is 11.4. The van der Waals surface area contributed by atoms with Crippen LogP contribution in [0.1, 0.15) is 25.7 Å². The van der Waals surface area contributed by atoms with Crippen molar-refractivity contribution < 1.29 is 47.9 Å². The van der Waals surface area contributed by atoms with Gasteiger partial charge in [0.05, 0.1) is 79.3 Å². The number of unbranched alkanes of at least 4 members (excludes halogenated alkanes) is 1. The summed E-state index contributed by atoms with van der Waals surface area (Å²) < 4.78 is 36.9. The van der Waals surface area contributed by atoms with Crippen LogP contribution >= 0.6 is 0 Å². The van der Waals surface area contributed by atoms with Crippen molar-refractivity contribution in [1.82, 2.24) is 0 Å². The second-order valence-electron chi connectivity index (χ2n) is 6.28. The molecule has 0 aliphatic carbocycles. The van der Waals surface area contributed by atoms with Crippen LogP contribution in [-0.2, 0) is 42.7 Å². The molecule has 184 valence electrons. The Kier molecular flexibility index (Phi) is 23.8. The van der Waals surface area contributed by atoms with Crippen LogP contribution in [0.2, 0.25) is 0 Å². The maximum atomic E-state index is 11.4. The van der Waals surface area contributed by atoms with Gasteiger partial charge in [0.2, 0.25) is 0 Å². The minimum atomic E-state index is -0.858.